The number of hydrogen-bond acceptors (Lipinski definition) is 6. The molecule has 23 heavy (non-hydrogen) atoms. The zero-order valence-electron chi connectivity index (χ0n) is 13.1. The Morgan fingerprint density at radius 3 is 2.78 bits per heavy atom. The van der Waals surface area contributed by atoms with Crippen LogP contribution in [0.1, 0.15) is 31.6 Å². The largest absolute Gasteiger partial charge is 0.394 e. The van der Waals surface area contributed by atoms with Gasteiger partial charge in [0.1, 0.15) is 6.10 Å². The Kier molecular flexibility index (Phi) is 5.69. The average molecular weight is 331 g/mol. The lowest BCUT2D eigenvalue weighted by molar-refractivity contribution is -0.155. The fourth-order valence-electron chi connectivity index (χ4n) is 2.68. The van der Waals surface area contributed by atoms with Crippen LogP contribution in [-0.4, -0.2) is 56.4 Å². The van der Waals surface area contributed by atoms with Gasteiger partial charge in [-0.15, -0.1) is 0 Å². The number of aromatic nitrogens is 2. The summed E-state index contributed by atoms with van der Waals surface area (Å²) in [5, 5.41) is 20.2. The number of aromatic amines is 1. The fourth-order valence-corrected chi connectivity index (χ4v) is 2.68. The molecular weight excluding hydrogens is 309 g/mol. The van der Waals surface area contributed by atoms with E-state index in [9.17, 15) is 24.3 Å². The van der Waals surface area contributed by atoms with Crippen LogP contribution in [0.25, 0.3) is 0 Å². The van der Waals surface area contributed by atoms with Gasteiger partial charge in [-0.3, -0.25) is 14.3 Å². The second-order valence-corrected chi connectivity index (χ2v) is 5.68. The number of unbranched alkanes of at least 4 members (excludes halogenated alkanes) is 1. The van der Waals surface area contributed by atoms with E-state index < -0.39 is 42.4 Å². The second kappa shape index (κ2) is 7.35. The van der Waals surface area contributed by atoms with E-state index in [2.05, 4.69) is 4.98 Å². The van der Waals surface area contributed by atoms with Gasteiger partial charge in [-0.2, -0.15) is 5.06 Å². The van der Waals surface area contributed by atoms with E-state index in [-0.39, 0.29) is 12.1 Å². The van der Waals surface area contributed by atoms with E-state index in [1.807, 2.05) is 6.92 Å². The molecule has 2 rings (SSSR count). The van der Waals surface area contributed by atoms with Crippen molar-refractivity contribution in [2.24, 2.45) is 0 Å². The summed E-state index contributed by atoms with van der Waals surface area (Å²) in [5.74, 6) is 0. The van der Waals surface area contributed by atoms with Gasteiger partial charge in [-0.1, -0.05) is 13.3 Å². The second-order valence-electron chi connectivity index (χ2n) is 5.68. The molecule has 1 aromatic rings. The van der Waals surface area contributed by atoms with Gasteiger partial charge < -0.3 is 15.1 Å². The van der Waals surface area contributed by atoms with Gasteiger partial charge in [0.25, 0.3) is 5.56 Å². The quantitative estimate of drug-likeness (QED) is 0.630. The van der Waals surface area contributed by atoms with E-state index in [4.69, 9.17) is 4.74 Å². The maximum Gasteiger partial charge on any atom is 0.330 e. The lowest BCUT2D eigenvalue weighted by Gasteiger charge is -2.26. The number of aliphatic hydroxyl groups excluding tert-OH is 1. The summed E-state index contributed by atoms with van der Waals surface area (Å²) < 4.78 is 21.1. The number of hydroxylamine groups is 2. The van der Waals surface area contributed by atoms with Crippen molar-refractivity contribution in [1.29, 1.82) is 0 Å². The van der Waals surface area contributed by atoms with Gasteiger partial charge in [0.05, 0.1) is 12.6 Å². The molecule has 1 aliphatic rings. The minimum Gasteiger partial charge on any atom is -0.394 e. The fraction of sp³-hybridized carbons (Fsp3) is 0.714. The molecule has 130 valence electrons. The van der Waals surface area contributed by atoms with Crippen LogP contribution in [0.4, 0.5) is 4.39 Å². The Labute approximate surface area is 132 Å². The third kappa shape index (κ3) is 3.52. The molecule has 2 heterocycles. The van der Waals surface area contributed by atoms with Crippen molar-refractivity contribution in [3.8, 4) is 0 Å². The molecule has 1 aromatic heterocycles. The Bertz CT molecular complexity index is 646. The number of nitrogens with one attached hydrogen (secondary N) is 1. The van der Waals surface area contributed by atoms with Crippen LogP contribution in [0.15, 0.2) is 15.8 Å². The molecular formula is C14H22FN3O5. The van der Waals surface area contributed by atoms with Crippen molar-refractivity contribution in [3.05, 3.63) is 32.6 Å². The van der Waals surface area contributed by atoms with Gasteiger partial charge in [-0.25, -0.2) is 9.18 Å². The van der Waals surface area contributed by atoms with Crippen molar-refractivity contribution in [2.75, 3.05) is 13.2 Å². The third-order valence-corrected chi connectivity index (χ3v) is 3.98. The molecule has 0 saturated carbocycles. The van der Waals surface area contributed by atoms with Crippen molar-refractivity contribution in [1.82, 2.24) is 14.6 Å². The lowest BCUT2D eigenvalue weighted by atomic mass is 10.1. The van der Waals surface area contributed by atoms with Crippen molar-refractivity contribution >= 4 is 0 Å². The number of nitrogens with zero attached hydrogens (tertiary/aromatic N) is 2. The molecule has 0 radical (unpaired) electrons. The van der Waals surface area contributed by atoms with Gasteiger partial charge in [-0.05, 0) is 13.3 Å². The summed E-state index contributed by atoms with van der Waals surface area (Å²) in [6, 6.07) is -1.09. The minimum atomic E-state index is -1.74. The van der Waals surface area contributed by atoms with Crippen LogP contribution in [-0.2, 0) is 4.74 Å². The highest BCUT2D eigenvalue weighted by atomic mass is 19.1. The predicted octanol–water partition coefficient (Wildman–Crippen LogP) is -0.0673. The predicted molar refractivity (Wildman–Crippen MR) is 79.1 cm³/mol. The zero-order chi connectivity index (χ0) is 17.1. The van der Waals surface area contributed by atoms with E-state index in [1.165, 1.54) is 13.1 Å². The molecule has 0 aromatic carbocycles. The monoisotopic (exact) mass is 331 g/mol. The van der Waals surface area contributed by atoms with Gasteiger partial charge >= 0.3 is 5.69 Å². The third-order valence-electron chi connectivity index (χ3n) is 3.98. The SMILES string of the molecule is CCCCN(O)C1C(CO)OC(n2cc(C)c(=O)[nH]c2=O)C1F. The molecule has 0 aliphatic carbocycles. The number of rotatable bonds is 6. The smallest absolute Gasteiger partial charge is 0.330 e. The summed E-state index contributed by atoms with van der Waals surface area (Å²) in [7, 11) is 0. The highest BCUT2D eigenvalue weighted by molar-refractivity contribution is 5.04. The maximum atomic E-state index is 14.8. The minimum absolute atomic E-state index is 0.230. The van der Waals surface area contributed by atoms with E-state index in [1.54, 1.807) is 0 Å². The average Bonchev–Trinajstić information content (AvgIpc) is 2.85. The number of H-pyrrole nitrogens is 1. The lowest BCUT2D eigenvalue weighted by Crippen LogP contribution is -2.46. The number of halogens is 1. The normalized spacial score (nSPS) is 27.7. The van der Waals surface area contributed by atoms with E-state index in [0.29, 0.717) is 6.42 Å². The maximum absolute atomic E-state index is 14.8. The molecule has 8 nitrogen and oxygen atoms in total. The topological polar surface area (TPSA) is 108 Å². The summed E-state index contributed by atoms with van der Waals surface area (Å²) in [6.45, 7) is 3.15. The number of aryl methyl sites for hydroxylation is 1. The van der Waals surface area contributed by atoms with E-state index in [0.717, 1.165) is 16.1 Å². The van der Waals surface area contributed by atoms with Crippen molar-refractivity contribution < 1.29 is 19.4 Å². The molecule has 9 heteroatoms. The molecule has 4 atom stereocenters. The van der Waals surface area contributed by atoms with Gasteiger partial charge in [0.15, 0.2) is 12.4 Å². The number of ether oxygens (including phenoxy) is 1. The first kappa shape index (κ1) is 17.8. The Morgan fingerprint density at radius 2 is 2.17 bits per heavy atom. The Balaban J connectivity index is 2.30. The highest BCUT2D eigenvalue weighted by Gasteiger charge is 2.48. The Hall–Kier alpha value is -1.55. The summed E-state index contributed by atoms with van der Waals surface area (Å²) in [5.41, 5.74) is -1.12. The van der Waals surface area contributed by atoms with Crippen LogP contribution >= 0.6 is 0 Å². The van der Waals surface area contributed by atoms with Crippen LogP contribution in [0.3, 0.4) is 0 Å². The number of aliphatic hydroxyl groups is 1. The summed E-state index contributed by atoms with van der Waals surface area (Å²) >= 11 is 0. The molecule has 0 bridgehead atoms. The van der Waals surface area contributed by atoms with Crippen LogP contribution in [0, 0.1) is 6.92 Å². The van der Waals surface area contributed by atoms with Crippen molar-refractivity contribution in [3.63, 3.8) is 0 Å². The van der Waals surface area contributed by atoms with Gasteiger partial charge in [0, 0.05) is 18.3 Å². The molecule has 0 amide bonds. The Morgan fingerprint density at radius 1 is 1.48 bits per heavy atom. The first-order valence-corrected chi connectivity index (χ1v) is 7.58. The number of hydrogen-bond donors (Lipinski definition) is 3. The molecule has 1 aliphatic heterocycles. The summed E-state index contributed by atoms with van der Waals surface area (Å²) in [6.07, 6.45) is -1.36. The van der Waals surface area contributed by atoms with Crippen molar-refractivity contribution in [2.45, 2.75) is 51.2 Å². The van der Waals surface area contributed by atoms with Crippen LogP contribution in [0.5, 0.6) is 0 Å². The van der Waals surface area contributed by atoms with Crippen LogP contribution < -0.4 is 11.2 Å². The highest BCUT2D eigenvalue weighted by Crippen LogP contribution is 2.33. The van der Waals surface area contributed by atoms with E-state index >= 15 is 0 Å². The number of alkyl halides is 1. The summed E-state index contributed by atoms with van der Waals surface area (Å²) in [4.78, 5) is 25.4. The molecule has 0 spiro atoms. The van der Waals surface area contributed by atoms with Gasteiger partial charge in [0.2, 0.25) is 0 Å². The molecule has 1 fully saturated rings. The first-order valence-electron chi connectivity index (χ1n) is 7.58. The molecule has 1 saturated heterocycles. The zero-order valence-corrected chi connectivity index (χ0v) is 13.1. The molecule has 4 unspecified atom stereocenters. The first-order chi connectivity index (χ1) is 10.9. The standard InChI is InChI=1S/C14H22FN3O5/c1-3-4-5-18(22)11-9(7-19)23-13(10(11)15)17-6-8(2)12(20)16-14(17)21/h6,9-11,13,19,22H,3-5,7H2,1-2H3,(H,16,20,21). The molecule has 3 N–H and O–H groups in total. The van der Waals surface area contributed by atoms with Crippen LogP contribution in [0.2, 0.25) is 0 Å².